The molecule has 2 N–H and O–H groups in total. The number of nitrogens with one attached hydrogen (secondary N) is 2. The molecule has 0 saturated heterocycles. The Morgan fingerprint density at radius 1 is 1.22 bits per heavy atom. The van der Waals surface area contributed by atoms with Crippen LogP contribution in [0.5, 0.6) is 0 Å². The zero-order valence-corrected chi connectivity index (χ0v) is 12.3. The summed E-state index contributed by atoms with van der Waals surface area (Å²) in [5, 5.41) is 10.5. The molecule has 0 amide bonds. The van der Waals surface area contributed by atoms with E-state index in [1.165, 1.54) is 7.05 Å². The predicted octanol–water partition coefficient (Wildman–Crippen LogP) is 3.17. The predicted molar refractivity (Wildman–Crippen MR) is 80.6 cm³/mol. The van der Waals surface area contributed by atoms with Gasteiger partial charge in [-0.05, 0) is 12.1 Å². The van der Waals surface area contributed by atoms with Gasteiger partial charge in [0.2, 0.25) is 5.95 Å². The molecule has 0 aliphatic carbocycles. The summed E-state index contributed by atoms with van der Waals surface area (Å²) in [4.78, 5) is 7.64. The van der Waals surface area contributed by atoms with E-state index in [2.05, 4.69) is 25.7 Å². The van der Waals surface area contributed by atoms with Crippen LogP contribution >= 0.6 is 0 Å². The van der Waals surface area contributed by atoms with Crippen LogP contribution < -0.4 is 10.6 Å². The van der Waals surface area contributed by atoms with Crippen LogP contribution in [0, 0.1) is 0 Å². The van der Waals surface area contributed by atoms with Crippen molar-refractivity contribution in [2.75, 3.05) is 17.7 Å². The van der Waals surface area contributed by atoms with E-state index in [1.807, 2.05) is 6.07 Å². The summed E-state index contributed by atoms with van der Waals surface area (Å²) in [6, 6.07) is 5.41. The van der Waals surface area contributed by atoms with Crippen molar-refractivity contribution >= 4 is 28.4 Å². The van der Waals surface area contributed by atoms with E-state index in [-0.39, 0.29) is 11.8 Å². The van der Waals surface area contributed by atoms with Crippen molar-refractivity contribution in [1.82, 2.24) is 19.7 Å². The lowest BCUT2D eigenvalue weighted by atomic mass is 10.2. The summed E-state index contributed by atoms with van der Waals surface area (Å²) in [5.74, 6) is -0.216. The van der Waals surface area contributed by atoms with E-state index >= 15 is 0 Å². The van der Waals surface area contributed by atoms with E-state index in [0.29, 0.717) is 5.69 Å². The highest BCUT2D eigenvalue weighted by Gasteiger charge is 2.35. The Balaban J connectivity index is 1.99. The van der Waals surface area contributed by atoms with E-state index in [1.54, 1.807) is 30.1 Å². The summed E-state index contributed by atoms with van der Waals surface area (Å²) in [6.45, 7) is 0. The zero-order chi connectivity index (χ0) is 16.6. The van der Waals surface area contributed by atoms with Crippen molar-refractivity contribution in [3.05, 3.63) is 36.2 Å². The molecule has 6 nitrogen and oxygen atoms in total. The molecule has 0 bridgehead atoms. The van der Waals surface area contributed by atoms with Gasteiger partial charge >= 0.3 is 6.18 Å². The largest absolute Gasteiger partial charge is 0.421 e. The Labute approximate surface area is 129 Å². The molecule has 0 aliphatic heterocycles. The molecule has 9 heteroatoms. The molecule has 0 aliphatic rings. The monoisotopic (exact) mass is 322 g/mol. The Morgan fingerprint density at radius 2 is 2.00 bits per heavy atom. The first kappa shape index (κ1) is 15.1. The quantitative estimate of drug-likeness (QED) is 0.775. The van der Waals surface area contributed by atoms with Crippen molar-refractivity contribution in [3.63, 3.8) is 0 Å². The fourth-order valence-electron chi connectivity index (χ4n) is 2.23. The summed E-state index contributed by atoms with van der Waals surface area (Å²) in [6.07, 6.45) is -1.95. The third-order valence-electron chi connectivity index (χ3n) is 3.24. The Kier molecular flexibility index (Phi) is 3.55. The highest BCUT2D eigenvalue weighted by atomic mass is 19.4. The highest BCUT2D eigenvalue weighted by Crippen LogP contribution is 2.34. The van der Waals surface area contributed by atoms with Gasteiger partial charge in [-0.2, -0.15) is 23.3 Å². The first-order valence-corrected chi connectivity index (χ1v) is 6.70. The molecule has 3 rings (SSSR count). The number of alkyl halides is 3. The number of hydrogen-bond acceptors (Lipinski definition) is 5. The smallest absolute Gasteiger partial charge is 0.372 e. The van der Waals surface area contributed by atoms with Gasteiger partial charge in [0, 0.05) is 31.9 Å². The molecule has 0 radical (unpaired) electrons. The average Bonchev–Trinajstić information content (AvgIpc) is 2.87. The van der Waals surface area contributed by atoms with E-state index in [9.17, 15) is 13.2 Å². The Bertz CT molecular complexity index is 855. The number of nitrogens with zero attached hydrogens (tertiary/aromatic N) is 4. The number of benzene rings is 1. The third-order valence-corrected chi connectivity index (χ3v) is 3.24. The van der Waals surface area contributed by atoms with Crippen LogP contribution in [0.2, 0.25) is 0 Å². The SMILES string of the molecule is CNc1nc(Nc2cccc3nn(C)cc23)ncc1C(F)(F)F. The first-order valence-electron chi connectivity index (χ1n) is 6.70. The summed E-state index contributed by atoms with van der Waals surface area (Å²) >= 11 is 0. The minimum absolute atomic E-state index is 0.0682. The average molecular weight is 322 g/mol. The Hall–Kier alpha value is -2.84. The van der Waals surface area contributed by atoms with E-state index < -0.39 is 11.7 Å². The van der Waals surface area contributed by atoms with Crippen molar-refractivity contribution in [3.8, 4) is 0 Å². The van der Waals surface area contributed by atoms with Gasteiger partial charge < -0.3 is 10.6 Å². The second-order valence-corrected chi connectivity index (χ2v) is 4.87. The number of aryl methyl sites for hydroxylation is 1. The van der Waals surface area contributed by atoms with Gasteiger partial charge in [0.25, 0.3) is 0 Å². The summed E-state index contributed by atoms with van der Waals surface area (Å²) < 4.78 is 40.2. The summed E-state index contributed by atoms with van der Waals surface area (Å²) in [5.41, 5.74) is 0.515. The van der Waals surface area contributed by atoms with Crippen LogP contribution in [-0.4, -0.2) is 26.8 Å². The molecule has 2 heterocycles. The maximum absolute atomic E-state index is 12.9. The van der Waals surface area contributed by atoms with Crippen molar-refractivity contribution in [2.45, 2.75) is 6.18 Å². The minimum Gasteiger partial charge on any atom is -0.372 e. The Morgan fingerprint density at radius 3 is 2.70 bits per heavy atom. The van der Waals surface area contributed by atoms with Gasteiger partial charge in [0.05, 0.1) is 11.2 Å². The van der Waals surface area contributed by atoms with Gasteiger partial charge in [0.1, 0.15) is 11.4 Å². The van der Waals surface area contributed by atoms with Gasteiger partial charge in [-0.3, -0.25) is 4.68 Å². The molecule has 0 unspecified atom stereocenters. The fourth-order valence-corrected chi connectivity index (χ4v) is 2.23. The van der Waals surface area contributed by atoms with Crippen LogP contribution in [0.3, 0.4) is 0 Å². The molecule has 3 aromatic rings. The minimum atomic E-state index is -4.51. The number of rotatable bonds is 3. The molecular weight excluding hydrogens is 309 g/mol. The van der Waals surface area contributed by atoms with Crippen LogP contribution in [0.25, 0.3) is 10.9 Å². The van der Waals surface area contributed by atoms with Crippen molar-refractivity contribution in [2.24, 2.45) is 7.05 Å². The van der Waals surface area contributed by atoms with Gasteiger partial charge in [-0.25, -0.2) is 4.98 Å². The lowest BCUT2D eigenvalue weighted by Crippen LogP contribution is -2.12. The lowest BCUT2D eigenvalue weighted by Gasteiger charge is -2.13. The van der Waals surface area contributed by atoms with Crippen LogP contribution in [0.4, 0.5) is 30.6 Å². The normalized spacial score (nSPS) is 11.7. The molecule has 0 saturated carbocycles. The molecule has 1 aromatic carbocycles. The number of aromatic nitrogens is 4. The second kappa shape index (κ2) is 5.41. The molecule has 23 heavy (non-hydrogen) atoms. The van der Waals surface area contributed by atoms with E-state index in [0.717, 1.165) is 17.1 Å². The van der Waals surface area contributed by atoms with E-state index in [4.69, 9.17) is 0 Å². The molecular formula is C14H13F3N6. The van der Waals surface area contributed by atoms with Crippen molar-refractivity contribution in [1.29, 1.82) is 0 Å². The third kappa shape index (κ3) is 2.89. The molecule has 2 aromatic heterocycles. The molecule has 0 spiro atoms. The van der Waals surface area contributed by atoms with Crippen LogP contribution in [0.15, 0.2) is 30.6 Å². The maximum atomic E-state index is 12.9. The van der Waals surface area contributed by atoms with Crippen molar-refractivity contribution < 1.29 is 13.2 Å². The second-order valence-electron chi connectivity index (χ2n) is 4.87. The first-order chi connectivity index (χ1) is 10.9. The lowest BCUT2D eigenvalue weighted by molar-refractivity contribution is -0.137. The molecule has 0 atom stereocenters. The number of halogens is 3. The standard InChI is InChI=1S/C14H13F3N6/c1-18-12-9(14(15,16)17)6-19-13(21-12)20-10-4-3-5-11-8(10)7-23(2)22-11/h3-7H,1-2H3,(H2,18,19,20,21). The molecule has 120 valence electrons. The van der Waals surface area contributed by atoms with Gasteiger partial charge in [-0.1, -0.05) is 6.07 Å². The number of anilines is 3. The topological polar surface area (TPSA) is 67.7 Å². The number of fused-ring (bicyclic) bond motifs is 1. The van der Waals surface area contributed by atoms with Crippen LogP contribution in [-0.2, 0) is 13.2 Å². The zero-order valence-electron chi connectivity index (χ0n) is 12.3. The fraction of sp³-hybridized carbons (Fsp3) is 0.214. The number of hydrogen-bond donors (Lipinski definition) is 2. The van der Waals surface area contributed by atoms with Gasteiger partial charge in [0.15, 0.2) is 0 Å². The van der Waals surface area contributed by atoms with Crippen LogP contribution in [0.1, 0.15) is 5.56 Å². The summed E-state index contributed by atoms with van der Waals surface area (Å²) in [7, 11) is 3.17. The molecule has 0 fully saturated rings. The highest BCUT2D eigenvalue weighted by molar-refractivity contribution is 5.92. The maximum Gasteiger partial charge on any atom is 0.421 e. The van der Waals surface area contributed by atoms with Gasteiger partial charge in [-0.15, -0.1) is 0 Å².